The van der Waals surface area contributed by atoms with E-state index in [1.54, 1.807) is 55.6 Å². The highest BCUT2D eigenvalue weighted by molar-refractivity contribution is 5.97. The topological polar surface area (TPSA) is 90.9 Å². The Morgan fingerprint density at radius 1 is 0.963 bits per heavy atom. The summed E-state index contributed by atoms with van der Waals surface area (Å²) in [6, 6.07) is 13.2. The van der Waals surface area contributed by atoms with Gasteiger partial charge in [-0.2, -0.15) is 0 Å². The monoisotopic (exact) mass is 371 g/mol. The minimum atomic E-state index is -0.996. The summed E-state index contributed by atoms with van der Waals surface area (Å²) >= 11 is 0. The number of amides is 1. The van der Waals surface area contributed by atoms with E-state index in [4.69, 9.17) is 14.2 Å². The molecular formula is C20H21NO6. The number of Topliss-reactive ketones (excluding diaryl/α,β-unsaturated/α-hetero) is 1. The summed E-state index contributed by atoms with van der Waals surface area (Å²) in [6.07, 6.45) is -0.996. The minimum absolute atomic E-state index is 0.0629. The van der Waals surface area contributed by atoms with Crippen LogP contribution in [0.3, 0.4) is 0 Å². The molecule has 0 aliphatic heterocycles. The lowest BCUT2D eigenvalue weighted by molar-refractivity contribution is -0.155. The summed E-state index contributed by atoms with van der Waals surface area (Å²) in [5.74, 6) is -0.0576. The molecule has 2 aromatic rings. The van der Waals surface area contributed by atoms with Crippen LogP contribution in [-0.2, 0) is 14.3 Å². The highest BCUT2D eigenvalue weighted by atomic mass is 16.6. The number of nitrogens with one attached hydrogen (secondary N) is 1. The first-order chi connectivity index (χ1) is 12.9. The van der Waals surface area contributed by atoms with Crippen molar-refractivity contribution < 1.29 is 28.6 Å². The summed E-state index contributed by atoms with van der Waals surface area (Å²) in [7, 11) is 1.55. The predicted octanol–water partition coefficient (Wildman–Crippen LogP) is 2.85. The third-order valence-corrected chi connectivity index (χ3v) is 3.65. The van der Waals surface area contributed by atoms with Crippen molar-refractivity contribution in [2.75, 3.05) is 19.0 Å². The van der Waals surface area contributed by atoms with Crippen molar-refractivity contribution in [3.63, 3.8) is 0 Å². The molecule has 0 unspecified atom stereocenters. The second-order valence-corrected chi connectivity index (χ2v) is 5.72. The summed E-state index contributed by atoms with van der Waals surface area (Å²) in [6.45, 7) is 2.60. The Labute approximate surface area is 157 Å². The number of carbonyl (C=O) groups is 3. The fourth-order valence-corrected chi connectivity index (χ4v) is 2.13. The van der Waals surface area contributed by atoms with Gasteiger partial charge in [-0.25, -0.2) is 4.79 Å². The van der Waals surface area contributed by atoms with Crippen LogP contribution in [-0.4, -0.2) is 37.5 Å². The Hall–Kier alpha value is -3.35. The molecule has 0 saturated heterocycles. The molecular weight excluding hydrogens is 350 g/mol. The molecule has 1 amide bonds. The van der Waals surface area contributed by atoms with Crippen LogP contribution < -0.4 is 14.8 Å². The first kappa shape index (κ1) is 20.0. The van der Waals surface area contributed by atoms with Crippen molar-refractivity contribution in [2.45, 2.75) is 20.0 Å². The number of esters is 1. The molecule has 0 spiro atoms. The molecule has 0 fully saturated rings. The molecule has 1 atom stereocenters. The number of rotatable bonds is 8. The van der Waals surface area contributed by atoms with Crippen LogP contribution >= 0.6 is 0 Å². The number of ether oxygens (including phenoxy) is 3. The molecule has 7 heteroatoms. The van der Waals surface area contributed by atoms with E-state index < -0.39 is 18.0 Å². The van der Waals surface area contributed by atoms with Gasteiger partial charge in [-0.3, -0.25) is 9.59 Å². The van der Waals surface area contributed by atoms with E-state index in [2.05, 4.69) is 5.32 Å². The zero-order valence-corrected chi connectivity index (χ0v) is 15.4. The molecule has 142 valence electrons. The van der Waals surface area contributed by atoms with E-state index in [-0.39, 0.29) is 12.4 Å². The average Bonchev–Trinajstić information content (AvgIpc) is 2.67. The quantitative estimate of drug-likeness (QED) is 0.567. The molecule has 0 heterocycles. The zero-order valence-electron chi connectivity index (χ0n) is 15.4. The van der Waals surface area contributed by atoms with E-state index >= 15 is 0 Å². The van der Waals surface area contributed by atoms with Crippen molar-refractivity contribution in [3.05, 3.63) is 54.1 Å². The van der Waals surface area contributed by atoms with Gasteiger partial charge in [0.15, 0.2) is 18.5 Å². The number of ketones is 1. The van der Waals surface area contributed by atoms with Crippen molar-refractivity contribution in [2.24, 2.45) is 0 Å². The maximum absolute atomic E-state index is 12.1. The maximum atomic E-state index is 12.1. The van der Waals surface area contributed by atoms with Crippen molar-refractivity contribution in [1.29, 1.82) is 0 Å². The molecule has 27 heavy (non-hydrogen) atoms. The van der Waals surface area contributed by atoms with Crippen LogP contribution in [0.15, 0.2) is 48.5 Å². The minimum Gasteiger partial charge on any atom is -0.497 e. The lowest BCUT2D eigenvalue weighted by Crippen LogP contribution is -2.31. The second-order valence-electron chi connectivity index (χ2n) is 5.72. The Kier molecular flexibility index (Phi) is 6.93. The zero-order chi connectivity index (χ0) is 19.8. The number of anilines is 1. The fourth-order valence-electron chi connectivity index (χ4n) is 2.13. The predicted molar refractivity (Wildman–Crippen MR) is 99.1 cm³/mol. The highest BCUT2D eigenvalue weighted by Crippen LogP contribution is 2.17. The van der Waals surface area contributed by atoms with E-state index in [9.17, 15) is 14.4 Å². The number of methoxy groups -OCH3 is 1. The standard InChI is InChI=1S/C20H21NO6/c1-13(22)15-4-6-16(7-5-15)21-20(24)14(2)27-19(23)12-26-18-10-8-17(25-3)9-11-18/h4-11,14H,12H2,1-3H3,(H,21,24)/t14-/m1/s1. The van der Waals surface area contributed by atoms with Crippen LogP contribution in [0.4, 0.5) is 5.69 Å². The lowest BCUT2D eigenvalue weighted by Gasteiger charge is -2.14. The Morgan fingerprint density at radius 2 is 1.56 bits per heavy atom. The molecule has 2 rings (SSSR count). The SMILES string of the molecule is COc1ccc(OCC(=O)O[C@H](C)C(=O)Nc2ccc(C(C)=O)cc2)cc1. The van der Waals surface area contributed by atoms with Crippen LogP contribution in [0.1, 0.15) is 24.2 Å². The van der Waals surface area contributed by atoms with Gasteiger partial charge in [-0.05, 0) is 62.4 Å². The molecule has 0 radical (unpaired) electrons. The van der Waals surface area contributed by atoms with Gasteiger partial charge in [0, 0.05) is 11.3 Å². The molecule has 0 saturated carbocycles. The number of carbonyl (C=O) groups excluding carboxylic acids is 3. The van der Waals surface area contributed by atoms with Gasteiger partial charge in [0.2, 0.25) is 0 Å². The van der Waals surface area contributed by atoms with Gasteiger partial charge in [0.1, 0.15) is 11.5 Å². The Morgan fingerprint density at radius 3 is 2.11 bits per heavy atom. The number of hydrogen-bond donors (Lipinski definition) is 1. The van der Waals surface area contributed by atoms with E-state index in [0.717, 1.165) is 0 Å². The lowest BCUT2D eigenvalue weighted by atomic mass is 10.1. The smallest absolute Gasteiger partial charge is 0.344 e. The molecule has 0 bridgehead atoms. The Balaban J connectivity index is 1.80. The van der Waals surface area contributed by atoms with E-state index in [0.29, 0.717) is 22.7 Å². The first-order valence-corrected chi connectivity index (χ1v) is 8.27. The third-order valence-electron chi connectivity index (χ3n) is 3.65. The van der Waals surface area contributed by atoms with Gasteiger partial charge >= 0.3 is 5.97 Å². The summed E-state index contributed by atoms with van der Waals surface area (Å²) in [5.41, 5.74) is 1.05. The Bertz CT molecular complexity index is 798. The van der Waals surface area contributed by atoms with Crippen LogP contribution in [0, 0.1) is 0 Å². The van der Waals surface area contributed by atoms with Gasteiger partial charge in [0.25, 0.3) is 5.91 Å². The van der Waals surface area contributed by atoms with Gasteiger partial charge < -0.3 is 19.5 Å². The van der Waals surface area contributed by atoms with Crippen molar-refractivity contribution in [1.82, 2.24) is 0 Å². The third kappa shape index (κ3) is 6.14. The van der Waals surface area contributed by atoms with Crippen LogP contribution in [0.25, 0.3) is 0 Å². The number of hydrogen-bond acceptors (Lipinski definition) is 6. The summed E-state index contributed by atoms with van der Waals surface area (Å²) < 4.78 is 15.4. The van der Waals surface area contributed by atoms with Gasteiger partial charge in [-0.15, -0.1) is 0 Å². The molecule has 1 N–H and O–H groups in total. The molecule has 0 aromatic heterocycles. The van der Waals surface area contributed by atoms with Crippen LogP contribution in [0.5, 0.6) is 11.5 Å². The second kappa shape index (κ2) is 9.38. The molecule has 2 aromatic carbocycles. The van der Waals surface area contributed by atoms with E-state index in [1.165, 1.54) is 13.8 Å². The van der Waals surface area contributed by atoms with Crippen molar-refractivity contribution in [3.8, 4) is 11.5 Å². The largest absolute Gasteiger partial charge is 0.497 e. The number of benzene rings is 2. The molecule has 0 aliphatic rings. The maximum Gasteiger partial charge on any atom is 0.344 e. The highest BCUT2D eigenvalue weighted by Gasteiger charge is 2.18. The summed E-state index contributed by atoms with van der Waals surface area (Å²) in [5, 5.41) is 2.62. The summed E-state index contributed by atoms with van der Waals surface area (Å²) in [4.78, 5) is 35.2. The van der Waals surface area contributed by atoms with Gasteiger partial charge in [0.05, 0.1) is 7.11 Å². The fraction of sp³-hybridized carbons (Fsp3) is 0.250. The van der Waals surface area contributed by atoms with Crippen molar-refractivity contribution >= 4 is 23.3 Å². The molecule has 0 aliphatic carbocycles. The normalized spacial score (nSPS) is 11.2. The average molecular weight is 371 g/mol. The van der Waals surface area contributed by atoms with Gasteiger partial charge in [-0.1, -0.05) is 0 Å². The first-order valence-electron chi connectivity index (χ1n) is 8.27. The van der Waals surface area contributed by atoms with Crippen LogP contribution in [0.2, 0.25) is 0 Å². The van der Waals surface area contributed by atoms with E-state index in [1.807, 2.05) is 0 Å². The molecule has 7 nitrogen and oxygen atoms in total.